The molecule has 0 spiro atoms. The van der Waals surface area contributed by atoms with Crippen molar-refractivity contribution in [2.45, 2.75) is 69.2 Å². The lowest BCUT2D eigenvalue weighted by Crippen LogP contribution is -2.23. The van der Waals surface area contributed by atoms with E-state index in [2.05, 4.69) is 49.2 Å². The first kappa shape index (κ1) is 15.9. The minimum Gasteiger partial charge on any atom is -0.191 e. The van der Waals surface area contributed by atoms with Crippen LogP contribution in [-0.4, -0.2) is 25.8 Å². The summed E-state index contributed by atoms with van der Waals surface area (Å²) in [6.45, 7) is 6.52. The zero-order valence-electron chi connectivity index (χ0n) is 14.6. The summed E-state index contributed by atoms with van der Waals surface area (Å²) in [6, 6.07) is 6.63. The van der Waals surface area contributed by atoms with Gasteiger partial charge in [-0.1, -0.05) is 43.2 Å². The highest BCUT2D eigenvalue weighted by atomic mass is 32.2. The Hall–Kier alpha value is -1.62. The van der Waals surface area contributed by atoms with Crippen molar-refractivity contribution in [2.24, 2.45) is 5.10 Å². The smallest absolute Gasteiger partial charge is 0.191 e. The topological polar surface area (TPSA) is 43.1 Å². The quantitative estimate of drug-likeness (QED) is 0.796. The highest BCUT2D eigenvalue weighted by molar-refractivity contribution is 8.00. The van der Waals surface area contributed by atoms with Gasteiger partial charge in [0.05, 0.1) is 11.0 Å². The zero-order valence-corrected chi connectivity index (χ0v) is 15.4. The van der Waals surface area contributed by atoms with E-state index < -0.39 is 0 Å². The van der Waals surface area contributed by atoms with Crippen LogP contribution in [0, 0.1) is 13.8 Å². The van der Waals surface area contributed by atoms with Crippen LogP contribution in [0.5, 0.6) is 0 Å². The first-order valence-corrected chi connectivity index (χ1v) is 9.80. The van der Waals surface area contributed by atoms with Gasteiger partial charge in [0, 0.05) is 5.92 Å². The Kier molecular flexibility index (Phi) is 4.21. The molecule has 2 aliphatic rings. The van der Waals surface area contributed by atoms with Gasteiger partial charge < -0.3 is 0 Å². The highest BCUT2D eigenvalue weighted by Gasteiger charge is 2.29. The molecule has 0 bridgehead atoms. The van der Waals surface area contributed by atoms with Gasteiger partial charge in [-0.25, -0.2) is 0 Å². The lowest BCUT2D eigenvalue weighted by atomic mass is 9.89. The molecule has 0 N–H and O–H groups in total. The van der Waals surface area contributed by atoms with Gasteiger partial charge >= 0.3 is 0 Å². The summed E-state index contributed by atoms with van der Waals surface area (Å²) >= 11 is 1.77. The fourth-order valence-electron chi connectivity index (χ4n) is 3.66. The van der Waals surface area contributed by atoms with Crippen molar-refractivity contribution in [1.29, 1.82) is 0 Å². The Labute approximate surface area is 147 Å². The Morgan fingerprint density at radius 3 is 2.58 bits per heavy atom. The maximum Gasteiger partial charge on any atom is 0.212 e. The zero-order chi connectivity index (χ0) is 16.7. The summed E-state index contributed by atoms with van der Waals surface area (Å²) in [4.78, 5) is 0. The van der Waals surface area contributed by atoms with Crippen LogP contribution in [0.4, 0.5) is 0 Å². The van der Waals surface area contributed by atoms with Gasteiger partial charge in [0.25, 0.3) is 0 Å². The molecule has 1 aromatic carbocycles. The summed E-state index contributed by atoms with van der Waals surface area (Å²) in [5.41, 5.74) is 4.98. The van der Waals surface area contributed by atoms with Crippen molar-refractivity contribution in [3.05, 3.63) is 40.7 Å². The van der Waals surface area contributed by atoms with Gasteiger partial charge in [0.15, 0.2) is 5.82 Å². The van der Waals surface area contributed by atoms with E-state index >= 15 is 0 Å². The molecule has 1 fully saturated rings. The average Bonchev–Trinajstić information content (AvgIpc) is 3.00. The SMILES string of the molecule is Cc1ccc(C2=Nn3c(nnc3C3CCCCC3)SC2C)cc1C. The summed E-state index contributed by atoms with van der Waals surface area (Å²) in [5.74, 6) is 1.57. The van der Waals surface area contributed by atoms with Gasteiger partial charge in [0.2, 0.25) is 5.16 Å². The summed E-state index contributed by atoms with van der Waals surface area (Å²) in [6.07, 6.45) is 6.37. The highest BCUT2D eigenvalue weighted by Crippen LogP contribution is 2.36. The number of thioether (sulfide) groups is 1. The predicted molar refractivity (Wildman–Crippen MR) is 99.0 cm³/mol. The largest absolute Gasteiger partial charge is 0.212 e. The summed E-state index contributed by atoms with van der Waals surface area (Å²) < 4.78 is 2.02. The molecule has 1 unspecified atom stereocenters. The number of hydrogen-bond acceptors (Lipinski definition) is 4. The van der Waals surface area contributed by atoms with E-state index in [1.807, 2.05) is 4.68 Å². The standard InChI is InChI=1S/C19H24N4S/c1-12-9-10-16(11-13(12)2)17-14(3)24-19-21-20-18(23(19)22-17)15-7-5-4-6-8-15/h9-11,14-15H,4-8H2,1-3H3. The van der Waals surface area contributed by atoms with Crippen LogP contribution in [0.15, 0.2) is 28.5 Å². The number of fused-ring (bicyclic) bond motifs is 1. The van der Waals surface area contributed by atoms with Crippen LogP contribution in [0.3, 0.4) is 0 Å². The van der Waals surface area contributed by atoms with Crippen molar-refractivity contribution in [3.8, 4) is 0 Å². The Balaban J connectivity index is 1.74. The van der Waals surface area contributed by atoms with Crippen molar-refractivity contribution < 1.29 is 0 Å². The van der Waals surface area contributed by atoms with E-state index in [-0.39, 0.29) is 0 Å². The number of hydrogen-bond donors (Lipinski definition) is 0. The maximum absolute atomic E-state index is 4.99. The van der Waals surface area contributed by atoms with Crippen LogP contribution in [0.25, 0.3) is 0 Å². The molecule has 0 radical (unpaired) electrons. The number of aryl methyl sites for hydroxylation is 2. The number of nitrogens with zero attached hydrogens (tertiary/aromatic N) is 4. The molecule has 24 heavy (non-hydrogen) atoms. The predicted octanol–water partition coefficient (Wildman–Crippen LogP) is 4.69. The molecule has 2 heterocycles. The first-order valence-electron chi connectivity index (χ1n) is 8.92. The lowest BCUT2D eigenvalue weighted by molar-refractivity contribution is 0.417. The minimum absolute atomic E-state index is 0.294. The molecule has 4 rings (SSSR count). The third-order valence-corrected chi connectivity index (χ3v) is 6.33. The van der Waals surface area contributed by atoms with E-state index in [1.54, 1.807) is 11.8 Å². The van der Waals surface area contributed by atoms with Crippen LogP contribution < -0.4 is 0 Å². The average molecular weight is 340 g/mol. The van der Waals surface area contributed by atoms with Gasteiger partial charge in [-0.2, -0.15) is 9.78 Å². The molecule has 4 nitrogen and oxygen atoms in total. The third-order valence-electron chi connectivity index (χ3n) is 5.28. The van der Waals surface area contributed by atoms with Crippen LogP contribution in [-0.2, 0) is 0 Å². The second-order valence-electron chi connectivity index (χ2n) is 7.03. The second kappa shape index (κ2) is 6.36. The van der Waals surface area contributed by atoms with Gasteiger partial charge in [0.1, 0.15) is 0 Å². The third kappa shape index (κ3) is 2.79. The summed E-state index contributed by atoms with van der Waals surface area (Å²) in [5, 5.41) is 15.1. The molecule has 1 aliphatic carbocycles. The number of aromatic nitrogens is 3. The lowest BCUT2D eigenvalue weighted by Gasteiger charge is -2.24. The Morgan fingerprint density at radius 1 is 1.04 bits per heavy atom. The van der Waals surface area contributed by atoms with Crippen molar-refractivity contribution in [3.63, 3.8) is 0 Å². The van der Waals surface area contributed by atoms with E-state index in [0.29, 0.717) is 11.2 Å². The fraction of sp³-hybridized carbons (Fsp3) is 0.526. The molecular weight excluding hydrogens is 316 g/mol. The molecule has 1 aromatic heterocycles. The van der Waals surface area contributed by atoms with Gasteiger partial charge in [-0.3, -0.25) is 0 Å². The van der Waals surface area contributed by atoms with Crippen LogP contribution in [0.2, 0.25) is 0 Å². The van der Waals surface area contributed by atoms with Gasteiger partial charge in [-0.05, 0) is 56.4 Å². The molecular formula is C19H24N4S. The Morgan fingerprint density at radius 2 is 1.83 bits per heavy atom. The van der Waals surface area contributed by atoms with Crippen molar-refractivity contribution >= 4 is 17.5 Å². The van der Waals surface area contributed by atoms with Crippen LogP contribution >= 0.6 is 11.8 Å². The number of benzene rings is 1. The Bertz CT molecular complexity index is 787. The second-order valence-corrected chi connectivity index (χ2v) is 8.34. The molecule has 126 valence electrons. The van der Waals surface area contributed by atoms with E-state index in [4.69, 9.17) is 5.10 Å². The van der Waals surface area contributed by atoms with E-state index in [9.17, 15) is 0 Å². The molecule has 1 atom stereocenters. The molecule has 0 saturated heterocycles. The molecule has 1 saturated carbocycles. The van der Waals surface area contributed by atoms with Gasteiger partial charge in [-0.15, -0.1) is 10.2 Å². The van der Waals surface area contributed by atoms with Crippen molar-refractivity contribution in [2.75, 3.05) is 0 Å². The van der Waals surface area contributed by atoms with Crippen molar-refractivity contribution in [1.82, 2.24) is 14.9 Å². The molecule has 5 heteroatoms. The minimum atomic E-state index is 0.294. The summed E-state index contributed by atoms with van der Waals surface area (Å²) in [7, 11) is 0. The molecule has 0 amide bonds. The fourth-order valence-corrected chi connectivity index (χ4v) is 4.59. The monoisotopic (exact) mass is 340 g/mol. The maximum atomic E-state index is 4.99. The molecule has 2 aromatic rings. The van der Waals surface area contributed by atoms with Crippen LogP contribution in [0.1, 0.15) is 67.5 Å². The van der Waals surface area contributed by atoms with E-state index in [0.717, 1.165) is 16.7 Å². The molecule has 1 aliphatic heterocycles. The number of rotatable bonds is 2. The normalized spacial score (nSPS) is 21.5. The van der Waals surface area contributed by atoms with E-state index in [1.165, 1.54) is 48.8 Å². The first-order chi connectivity index (χ1) is 11.6.